The molecule has 0 N–H and O–H groups in total. The predicted molar refractivity (Wildman–Crippen MR) is 79.8 cm³/mol. The summed E-state index contributed by atoms with van der Waals surface area (Å²) in [5.74, 6) is -1.36. The van der Waals surface area contributed by atoms with E-state index in [9.17, 15) is 19.2 Å². The molecule has 0 amide bonds. The SMILES string of the molecule is CC(=O)c1cccc2c1C(=O)c1c(C(C)=O)cccc1C2=O. The Labute approximate surface area is 126 Å². The van der Waals surface area contributed by atoms with Gasteiger partial charge in [0.2, 0.25) is 0 Å². The summed E-state index contributed by atoms with van der Waals surface area (Å²) in [5.41, 5.74) is 1.04. The first-order valence-corrected chi connectivity index (χ1v) is 6.80. The molecular weight excluding hydrogens is 280 g/mol. The Morgan fingerprint density at radius 2 is 1.09 bits per heavy atom. The molecule has 2 aromatic carbocycles. The number of ketones is 4. The summed E-state index contributed by atoms with van der Waals surface area (Å²) in [7, 11) is 0. The van der Waals surface area contributed by atoms with Crippen LogP contribution < -0.4 is 0 Å². The molecule has 0 heterocycles. The van der Waals surface area contributed by atoms with Crippen LogP contribution in [0.15, 0.2) is 36.4 Å². The topological polar surface area (TPSA) is 68.3 Å². The van der Waals surface area contributed by atoms with E-state index in [0.717, 1.165) is 0 Å². The first kappa shape index (κ1) is 14.1. The lowest BCUT2D eigenvalue weighted by Crippen LogP contribution is -2.25. The number of carbonyl (C=O) groups is 4. The minimum atomic E-state index is -0.443. The molecule has 2 aromatic rings. The molecule has 22 heavy (non-hydrogen) atoms. The summed E-state index contributed by atoms with van der Waals surface area (Å²) in [6.07, 6.45) is 0. The third kappa shape index (κ3) is 1.84. The summed E-state index contributed by atoms with van der Waals surface area (Å²) in [5, 5.41) is 0. The first-order valence-electron chi connectivity index (χ1n) is 6.80. The highest BCUT2D eigenvalue weighted by Crippen LogP contribution is 2.31. The van der Waals surface area contributed by atoms with Crippen molar-refractivity contribution in [1.82, 2.24) is 0 Å². The van der Waals surface area contributed by atoms with Crippen LogP contribution in [0, 0.1) is 0 Å². The van der Waals surface area contributed by atoms with E-state index in [1.54, 1.807) is 12.1 Å². The summed E-state index contributed by atoms with van der Waals surface area (Å²) < 4.78 is 0. The van der Waals surface area contributed by atoms with Gasteiger partial charge in [-0.05, 0) is 13.8 Å². The fraction of sp³-hybridized carbons (Fsp3) is 0.111. The number of carbonyl (C=O) groups excluding carboxylic acids is 4. The molecule has 108 valence electrons. The lowest BCUT2D eigenvalue weighted by atomic mass is 9.79. The lowest BCUT2D eigenvalue weighted by molar-refractivity contribution is 0.0960. The fourth-order valence-corrected chi connectivity index (χ4v) is 2.83. The van der Waals surface area contributed by atoms with Crippen LogP contribution in [0.5, 0.6) is 0 Å². The van der Waals surface area contributed by atoms with Crippen LogP contribution in [-0.4, -0.2) is 23.1 Å². The second kappa shape index (κ2) is 4.84. The van der Waals surface area contributed by atoms with Crippen molar-refractivity contribution in [2.45, 2.75) is 13.8 Å². The largest absolute Gasteiger partial charge is 0.294 e. The third-order valence-corrected chi connectivity index (χ3v) is 3.83. The number of fused-ring (bicyclic) bond motifs is 2. The van der Waals surface area contributed by atoms with Gasteiger partial charge in [-0.25, -0.2) is 0 Å². The van der Waals surface area contributed by atoms with Crippen molar-refractivity contribution in [3.63, 3.8) is 0 Å². The van der Waals surface area contributed by atoms with Crippen molar-refractivity contribution >= 4 is 23.1 Å². The van der Waals surface area contributed by atoms with Gasteiger partial charge in [0.25, 0.3) is 0 Å². The van der Waals surface area contributed by atoms with E-state index in [2.05, 4.69) is 0 Å². The Balaban J connectivity index is 2.39. The van der Waals surface area contributed by atoms with Gasteiger partial charge in [-0.2, -0.15) is 0 Å². The summed E-state index contributed by atoms with van der Waals surface area (Å²) in [4.78, 5) is 49.0. The minimum absolute atomic E-state index is 0.0983. The third-order valence-electron chi connectivity index (χ3n) is 3.83. The number of Topliss-reactive ketones (excluding diaryl/α,β-unsaturated/α-hetero) is 2. The van der Waals surface area contributed by atoms with Crippen molar-refractivity contribution in [2.24, 2.45) is 0 Å². The van der Waals surface area contributed by atoms with E-state index in [0.29, 0.717) is 0 Å². The zero-order valence-electron chi connectivity index (χ0n) is 12.1. The van der Waals surface area contributed by atoms with Crippen molar-refractivity contribution < 1.29 is 19.2 Å². The smallest absolute Gasteiger partial charge is 0.195 e. The molecule has 1 aliphatic carbocycles. The molecule has 0 atom stereocenters. The Morgan fingerprint density at radius 3 is 1.45 bits per heavy atom. The van der Waals surface area contributed by atoms with Crippen LogP contribution in [0.3, 0.4) is 0 Å². The van der Waals surface area contributed by atoms with Gasteiger partial charge in [-0.3, -0.25) is 19.2 Å². The van der Waals surface area contributed by atoms with E-state index in [4.69, 9.17) is 0 Å². The van der Waals surface area contributed by atoms with E-state index in [-0.39, 0.29) is 50.7 Å². The van der Waals surface area contributed by atoms with Crippen molar-refractivity contribution in [3.8, 4) is 0 Å². The highest BCUT2D eigenvalue weighted by Gasteiger charge is 2.34. The summed E-state index contributed by atoms with van der Waals surface area (Å²) in [6, 6.07) is 9.28. The van der Waals surface area contributed by atoms with E-state index in [1.807, 2.05) is 0 Å². The monoisotopic (exact) mass is 292 g/mol. The van der Waals surface area contributed by atoms with Gasteiger partial charge in [0.05, 0.1) is 0 Å². The van der Waals surface area contributed by atoms with Crippen LogP contribution in [0.1, 0.15) is 66.4 Å². The fourth-order valence-electron chi connectivity index (χ4n) is 2.83. The van der Waals surface area contributed by atoms with Gasteiger partial charge in [0.15, 0.2) is 23.1 Å². The minimum Gasteiger partial charge on any atom is -0.294 e. The number of hydrogen-bond donors (Lipinski definition) is 0. The lowest BCUT2D eigenvalue weighted by Gasteiger charge is -2.21. The van der Waals surface area contributed by atoms with Gasteiger partial charge in [-0.1, -0.05) is 36.4 Å². The quantitative estimate of drug-likeness (QED) is 0.681. The Morgan fingerprint density at radius 1 is 0.682 bits per heavy atom. The van der Waals surface area contributed by atoms with Crippen molar-refractivity contribution in [3.05, 3.63) is 69.8 Å². The molecule has 0 spiro atoms. The molecule has 1 aliphatic rings. The van der Waals surface area contributed by atoms with Gasteiger partial charge in [0, 0.05) is 33.4 Å². The molecule has 0 saturated heterocycles. The molecule has 0 saturated carbocycles. The number of benzene rings is 2. The number of hydrogen-bond acceptors (Lipinski definition) is 4. The predicted octanol–water partition coefficient (Wildman–Crippen LogP) is 2.87. The summed E-state index contributed by atoms with van der Waals surface area (Å²) in [6.45, 7) is 2.69. The molecule has 0 unspecified atom stereocenters. The van der Waals surface area contributed by atoms with Crippen LogP contribution in [0.2, 0.25) is 0 Å². The maximum atomic E-state index is 12.8. The molecule has 0 radical (unpaired) electrons. The zero-order valence-corrected chi connectivity index (χ0v) is 12.1. The highest BCUT2D eigenvalue weighted by atomic mass is 16.1. The summed E-state index contributed by atoms with van der Waals surface area (Å²) >= 11 is 0. The maximum Gasteiger partial charge on any atom is 0.195 e. The zero-order chi connectivity index (χ0) is 16.0. The molecule has 0 aliphatic heterocycles. The van der Waals surface area contributed by atoms with Gasteiger partial charge < -0.3 is 0 Å². The van der Waals surface area contributed by atoms with E-state index >= 15 is 0 Å². The van der Waals surface area contributed by atoms with Crippen LogP contribution >= 0.6 is 0 Å². The highest BCUT2D eigenvalue weighted by molar-refractivity contribution is 6.32. The average Bonchev–Trinajstić information content (AvgIpc) is 2.51. The van der Waals surface area contributed by atoms with E-state index < -0.39 is 5.78 Å². The van der Waals surface area contributed by atoms with Gasteiger partial charge >= 0.3 is 0 Å². The van der Waals surface area contributed by atoms with Gasteiger partial charge in [-0.15, -0.1) is 0 Å². The molecular formula is C18H12O4. The van der Waals surface area contributed by atoms with Crippen molar-refractivity contribution in [2.75, 3.05) is 0 Å². The molecule has 0 aromatic heterocycles. The van der Waals surface area contributed by atoms with Crippen molar-refractivity contribution in [1.29, 1.82) is 0 Å². The van der Waals surface area contributed by atoms with E-state index in [1.165, 1.54) is 38.1 Å². The van der Waals surface area contributed by atoms with Crippen LogP contribution in [-0.2, 0) is 0 Å². The Kier molecular flexibility index (Phi) is 3.10. The molecule has 3 rings (SSSR count). The Hall–Kier alpha value is -2.88. The molecule has 4 nitrogen and oxygen atoms in total. The molecule has 0 fully saturated rings. The number of rotatable bonds is 2. The maximum absolute atomic E-state index is 12.8. The normalized spacial score (nSPS) is 12.6. The van der Waals surface area contributed by atoms with Gasteiger partial charge in [0.1, 0.15) is 0 Å². The second-order valence-corrected chi connectivity index (χ2v) is 5.23. The first-order chi connectivity index (χ1) is 10.4. The van der Waals surface area contributed by atoms with Crippen LogP contribution in [0.25, 0.3) is 0 Å². The average molecular weight is 292 g/mol. The van der Waals surface area contributed by atoms with Crippen LogP contribution in [0.4, 0.5) is 0 Å². The standard InChI is InChI=1S/C18H12O4/c1-9(19)11-5-3-7-13-15(11)18(22)16-12(10(2)20)6-4-8-14(16)17(13)21/h3-8H,1-2H3. The second-order valence-electron chi connectivity index (χ2n) is 5.23. The Bertz CT molecular complexity index is 805. The molecule has 0 bridgehead atoms. The molecule has 4 heteroatoms.